The molecule has 4 nitrogen and oxygen atoms in total. The van der Waals surface area contributed by atoms with Gasteiger partial charge in [0.2, 0.25) is 5.78 Å². The van der Waals surface area contributed by atoms with Gasteiger partial charge in [-0.15, -0.1) is 0 Å². The average molecular weight is 315 g/mol. The minimum atomic E-state index is -3.72. The van der Waals surface area contributed by atoms with Crippen LogP contribution in [0.3, 0.4) is 0 Å². The maximum atomic E-state index is 13.4. The molecule has 2 unspecified atom stereocenters. The van der Waals surface area contributed by atoms with E-state index in [9.17, 15) is 13.6 Å². The van der Waals surface area contributed by atoms with E-state index in [0.29, 0.717) is 29.8 Å². The molecule has 1 aliphatic carbocycles. The molecule has 0 saturated heterocycles. The lowest BCUT2D eigenvalue weighted by Crippen LogP contribution is -2.55. The van der Waals surface area contributed by atoms with E-state index in [1.807, 2.05) is 0 Å². The molecule has 0 aromatic heterocycles. The fraction of sp³-hybridized carbons (Fsp3) is 0.429. The van der Waals surface area contributed by atoms with Crippen molar-refractivity contribution in [3.8, 4) is 0 Å². The molecule has 1 fully saturated rings. The molecular weight excluding hydrogens is 302 g/mol. The molecule has 0 amide bonds. The summed E-state index contributed by atoms with van der Waals surface area (Å²) in [5, 5.41) is 0.317. The standard InChI is InChI=1S/C14H13ClF2N2O2/c15-9-5-2-1-4-8(9)13-7-3-6-10(11(13)20)21-12(19-13)14(16,17)18/h1-2,4-5,10H,3,6-7,18H2. The van der Waals surface area contributed by atoms with Crippen molar-refractivity contribution in [3.63, 3.8) is 0 Å². The second kappa shape index (κ2) is 4.74. The fourth-order valence-corrected chi connectivity index (χ4v) is 3.19. The normalized spacial score (nSPS) is 28.9. The summed E-state index contributed by atoms with van der Waals surface area (Å²) in [6, 6.07) is 2.91. The van der Waals surface area contributed by atoms with Gasteiger partial charge < -0.3 is 4.74 Å². The van der Waals surface area contributed by atoms with Crippen molar-refractivity contribution in [1.82, 2.24) is 0 Å². The lowest BCUT2D eigenvalue weighted by molar-refractivity contribution is -0.138. The van der Waals surface area contributed by atoms with Gasteiger partial charge in [0.25, 0.3) is 5.90 Å². The zero-order chi connectivity index (χ0) is 15.3. The predicted octanol–water partition coefficient (Wildman–Crippen LogP) is 2.64. The number of rotatable bonds is 2. The van der Waals surface area contributed by atoms with Gasteiger partial charge in [-0.3, -0.25) is 10.5 Å². The van der Waals surface area contributed by atoms with E-state index < -0.39 is 23.6 Å². The Bertz CT molecular complexity index is 630. The molecule has 0 radical (unpaired) electrons. The van der Waals surface area contributed by atoms with Crippen molar-refractivity contribution in [2.75, 3.05) is 0 Å². The highest BCUT2D eigenvalue weighted by Crippen LogP contribution is 2.45. The minimum Gasteiger partial charge on any atom is -0.464 e. The quantitative estimate of drug-likeness (QED) is 0.853. The highest BCUT2D eigenvalue weighted by atomic mass is 35.5. The Morgan fingerprint density at radius 2 is 2.14 bits per heavy atom. The first-order chi connectivity index (χ1) is 9.84. The van der Waals surface area contributed by atoms with Gasteiger partial charge in [-0.2, -0.15) is 8.78 Å². The molecular formula is C14H13ClF2N2O2. The van der Waals surface area contributed by atoms with Crippen molar-refractivity contribution in [2.24, 2.45) is 10.7 Å². The summed E-state index contributed by atoms with van der Waals surface area (Å²) in [6.45, 7) is 0. The Hall–Kier alpha value is -1.53. The number of nitrogens with zero attached hydrogens (tertiary/aromatic N) is 1. The number of halogens is 3. The number of carbonyl (C=O) groups is 1. The van der Waals surface area contributed by atoms with E-state index in [4.69, 9.17) is 22.1 Å². The van der Waals surface area contributed by atoms with Gasteiger partial charge in [-0.1, -0.05) is 29.8 Å². The van der Waals surface area contributed by atoms with E-state index in [1.165, 1.54) is 0 Å². The molecule has 1 heterocycles. The number of nitrogens with two attached hydrogens (primary N) is 1. The number of alkyl halides is 2. The number of fused-ring (bicyclic) bond motifs is 2. The summed E-state index contributed by atoms with van der Waals surface area (Å²) in [7, 11) is 0. The maximum Gasteiger partial charge on any atom is 0.375 e. The van der Waals surface area contributed by atoms with Crippen molar-refractivity contribution >= 4 is 23.3 Å². The summed E-state index contributed by atoms with van der Waals surface area (Å²) in [4.78, 5) is 16.5. The summed E-state index contributed by atoms with van der Waals surface area (Å²) in [5.74, 6) is -1.23. The van der Waals surface area contributed by atoms with E-state index in [-0.39, 0.29) is 5.78 Å². The highest BCUT2D eigenvalue weighted by Gasteiger charge is 2.54. The van der Waals surface area contributed by atoms with Crippen LogP contribution in [-0.2, 0) is 15.1 Å². The SMILES string of the molecule is NC(F)(F)C1=NC2(c3ccccc3Cl)CCCC(O1)C2=O. The predicted molar refractivity (Wildman–Crippen MR) is 73.4 cm³/mol. The monoisotopic (exact) mass is 314 g/mol. The van der Waals surface area contributed by atoms with E-state index in [2.05, 4.69) is 4.99 Å². The van der Waals surface area contributed by atoms with Crippen molar-refractivity contribution in [2.45, 2.75) is 37.0 Å². The zero-order valence-electron chi connectivity index (χ0n) is 11.0. The molecule has 112 valence electrons. The number of aliphatic imine (C=N–C) groups is 1. The summed E-state index contributed by atoms with van der Waals surface area (Å²) < 4.78 is 31.8. The zero-order valence-corrected chi connectivity index (χ0v) is 11.7. The number of benzene rings is 1. The van der Waals surface area contributed by atoms with Gasteiger partial charge in [0.05, 0.1) is 0 Å². The Morgan fingerprint density at radius 1 is 1.43 bits per heavy atom. The Morgan fingerprint density at radius 3 is 2.81 bits per heavy atom. The molecule has 2 bridgehead atoms. The first kappa shape index (κ1) is 14.4. The first-order valence-electron chi connectivity index (χ1n) is 6.57. The Balaban J connectivity index is 2.21. The molecule has 7 heteroatoms. The largest absolute Gasteiger partial charge is 0.464 e. The van der Waals surface area contributed by atoms with Crippen LogP contribution >= 0.6 is 11.6 Å². The number of hydrogen-bond acceptors (Lipinski definition) is 4. The second-order valence-electron chi connectivity index (χ2n) is 5.24. The van der Waals surface area contributed by atoms with Gasteiger partial charge in [0.1, 0.15) is 0 Å². The highest BCUT2D eigenvalue weighted by molar-refractivity contribution is 6.32. The molecule has 2 aliphatic rings. The van der Waals surface area contributed by atoms with E-state index >= 15 is 0 Å². The molecule has 0 spiro atoms. The lowest BCUT2D eigenvalue weighted by atomic mass is 9.74. The molecule has 1 aliphatic heterocycles. The van der Waals surface area contributed by atoms with Gasteiger partial charge in [-0.05, 0) is 25.3 Å². The van der Waals surface area contributed by atoms with Crippen LogP contribution in [0.1, 0.15) is 24.8 Å². The average Bonchev–Trinajstić information content (AvgIpc) is 2.38. The molecule has 3 rings (SSSR count). The minimum absolute atomic E-state index is 0.314. The van der Waals surface area contributed by atoms with Crippen LogP contribution in [0, 0.1) is 0 Å². The van der Waals surface area contributed by atoms with Crippen molar-refractivity contribution in [1.29, 1.82) is 0 Å². The number of hydrogen-bond donors (Lipinski definition) is 1. The third kappa shape index (κ3) is 2.22. The summed E-state index contributed by atoms with van der Waals surface area (Å²) >= 11 is 6.14. The Kier molecular flexibility index (Phi) is 3.26. The molecule has 21 heavy (non-hydrogen) atoms. The van der Waals surface area contributed by atoms with Crippen molar-refractivity contribution in [3.05, 3.63) is 34.9 Å². The van der Waals surface area contributed by atoms with Crippen LogP contribution in [0.2, 0.25) is 5.02 Å². The van der Waals surface area contributed by atoms with Crippen LogP contribution in [0.4, 0.5) is 8.78 Å². The summed E-state index contributed by atoms with van der Waals surface area (Å²) in [6.07, 6.45) is 0.376. The van der Waals surface area contributed by atoms with Crippen LogP contribution in [0.15, 0.2) is 29.3 Å². The van der Waals surface area contributed by atoms with E-state index in [1.54, 1.807) is 24.3 Å². The number of carbonyl (C=O) groups excluding carboxylic acids is 1. The lowest BCUT2D eigenvalue weighted by Gasteiger charge is -2.41. The topological polar surface area (TPSA) is 64.7 Å². The first-order valence-corrected chi connectivity index (χ1v) is 6.95. The summed E-state index contributed by atoms with van der Waals surface area (Å²) in [5.41, 5.74) is 3.80. The van der Waals surface area contributed by atoms with Gasteiger partial charge in [0, 0.05) is 10.6 Å². The number of Topliss-reactive ketones (excluding diaryl/α,β-unsaturated/α-hetero) is 1. The van der Waals surface area contributed by atoms with Crippen LogP contribution in [0.5, 0.6) is 0 Å². The molecule has 1 aromatic carbocycles. The van der Waals surface area contributed by atoms with Gasteiger partial charge in [-0.25, -0.2) is 4.99 Å². The van der Waals surface area contributed by atoms with Gasteiger partial charge in [0.15, 0.2) is 11.6 Å². The van der Waals surface area contributed by atoms with Crippen LogP contribution < -0.4 is 5.73 Å². The van der Waals surface area contributed by atoms with E-state index in [0.717, 1.165) is 0 Å². The molecule has 1 aromatic rings. The Labute approximate surface area is 124 Å². The van der Waals surface area contributed by atoms with Crippen LogP contribution in [0.25, 0.3) is 0 Å². The molecule has 2 N–H and O–H groups in total. The molecule has 2 atom stereocenters. The third-order valence-corrected chi connectivity index (χ3v) is 4.19. The van der Waals surface area contributed by atoms with Crippen LogP contribution in [-0.4, -0.2) is 23.8 Å². The van der Waals surface area contributed by atoms with Crippen molar-refractivity contribution < 1.29 is 18.3 Å². The maximum absolute atomic E-state index is 13.4. The molecule has 1 saturated carbocycles. The smallest absolute Gasteiger partial charge is 0.375 e. The fourth-order valence-electron chi connectivity index (χ4n) is 2.90. The number of ketones is 1. The van der Waals surface area contributed by atoms with Gasteiger partial charge >= 0.3 is 6.05 Å². The second-order valence-corrected chi connectivity index (χ2v) is 5.65. The number of ether oxygens (including phenoxy) is 1. The third-order valence-electron chi connectivity index (χ3n) is 3.86.